The van der Waals surface area contributed by atoms with Crippen LogP contribution in [0.3, 0.4) is 0 Å². The quantitative estimate of drug-likeness (QED) is 0.410. The average Bonchev–Trinajstić information content (AvgIpc) is 2.10. The Kier molecular flexibility index (Phi) is 1.78. The molecule has 9 heavy (non-hydrogen) atoms. The summed E-state index contributed by atoms with van der Waals surface area (Å²) in [5.41, 5.74) is 0.682. The molecule has 1 aliphatic heterocycles. The van der Waals surface area contributed by atoms with Gasteiger partial charge in [-0.25, -0.2) is 0 Å². The molecular weight excluding hydrogens is 119 g/mol. The Balaban J connectivity index is 2.49. The minimum absolute atomic E-state index is 0.130. The molecule has 0 aromatic heterocycles. The highest BCUT2D eigenvalue weighted by atomic mass is 16.5. The fourth-order valence-corrected chi connectivity index (χ4v) is 0.841. The van der Waals surface area contributed by atoms with Gasteiger partial charge in [-0.05, 0) is 6.08 Å². The molecule has 50 valence electrons. The molecule has 1 heterocycles. The van der Waals surface area contributed by atoms with Gasteiger partial charge in [-0.3, -0.25) is 0 Å². The first-order valence-electron chi connectivity index (χ1n) is 2.88. The van der Waals surface area contributed by atoms with E-state index in [2.05, 4.69) is 0 Å². The van der Waals surface area contributed by atoms with Crippen LogP contribution in [-0.4, -0.2) is 36.9 Å². The topological polar surface area (TPSA) is 49.7 Å². The summed E-state index contributed by atoms with van der Waals surface area (Å²) >= 11 is 0. The van der Waals surface area contributed by atoms with Gasteiger partial charge in [0.2, 0.25) is 0 Å². The maximum absolute atomic E-state index is 9.00. The number of rotatable bonds is 1. The summed E-state index contributed by atoms with van der Waals surface area (Å²) in [5, 5.41) is 17.5. The van der Waals surface area contributed by atoms with Crippen LogP contribution in [0, 0.1) is 0 Å². The number of hydrogen-bond acceptors (Lipinski definition) is 3. The summed E-state index contributed by atoms with van der Waals surface area (Å²) in [6.45, 7) is -0.130. The van der Waals surface area contributed by atoms with E-state index >= 15 is 0 Å². The third-order valence-corrected chi connectivity index (χ3v) is 1.30. The number of hydrogen-bond donors (Lipinski definition) is 2. The molecule has 0 aliphatic carbocycles. The molecule has 3 nitrogen and oxygen atoms in total. The van der Waals surface area contributed by atoms with Crippen molar-refractivity contribution in [3.05, 3.63) is 11.7 Å². The maximum atomic E-state index is 9.00. The number of aliphatic hydroxyl groups excluding tert-OH is 2. The van der Waals surface area contributed by atoms with Crippen LogP contribution in [0.15, 0.2) is 11.7 Å². The van der Waals surface area contributed by atoms with Gasteiger partial charge in [0, 0.05) is 5.66 Å². The van der Waals surface area contributed by atoms with E-state index in [1.807, 2.05) is 0 Å². The van der Waals surface area contributed by atoms with Crippen LogP contribution in [0.25, 0.3) is 0 Å². The Morgan fingerprint density at radius 1 is 1.78 bits per heavy atom. The van der Waals surface area contributed by atoms with E-state index in [1.165, 1.54) is 0 Å². The summed E-state index contributed by atoms with van der Waals surface area (Å²) in [7, 11) is 1.75. The monoisotopic (exact) mass is 128 g/mol. The molecule has 4 heteroatoms. The molecule has 0 fully saturated rings. The summed E-state index contributed by atoms with van der Waals surface area (Å²) in [6, 6.07) is 0. The molecule has 0 aromatic rings. The molecule has 1 unspecified atom stereocenters. The van der Waals surface area contributed by atoms with Gasteiger partial charge in [0.25, 0.3) is 0 Å². The Bertz CT molecular complexity index is 134. The van der Waals surface area contributed by atoms with E-state index < -0.39 is 12.2 Å². The van der Waals surface area contributed by atoms with Crippen molar-refractivity contribution >= 4 is 7.85 Å². The maximum Gasteiger partial charge on any atom is 0.185 e. The van der Waals surface area contributed by atoms with Gasteiger partial charge in [0.05, 0.1) is 6.61 Å². The Morgan fingerprint density at radius 3 is 2.67 bits per heavy atom. The minimum atomic E-state index is -0.630. The van der Waals surface area contributed by atoms with Crippen LogP contribution in [0.1, 0.15) is 0 Å². The fraction of sp³-hybridized carbons (Fsp3) is 0.600. The van der Waals surface area contributed by atoms with Crippen LogP contribution in [0.5, 0.6) is 0 Å². The van der Waals surface area contributed by atoms with Crippen molar-refractivity contribution in [2.75, 3.05) is 6.61 Å². The zero-order chi connectivity index (χ0) is 6.85. The van der Waals surface area contributed by atoms with Gasteiger partial charge in [-0.15, -0.1) is 0 Å². The summed E-state index contributed by atoms with van der Waals surface area (Å²) in [4.78, 5) is 0. The lowest BCUT2D eigenvalue weighted by atomic mass is 10.1. The van der Waals surface area contributed by atoms with E-state index in [9.17, 15) is 0 Å². The van der Waals surface area contributed by atoms with Crippen molar-refractivity contribution < 1.29 is 14.9 Å². The predicted molar refractivity (Wildman–Crippen MR) is 34.6 cm³/mol. The van der Waals surface area contributed by atoms with Crippen molar-refractivity contribution in [2.24, 2.45) is 0 Å². The third kappa shape index (κ3) is 1.26. The Morgan fingerprint density at radius 2 is 2.44 bits per heavy atom. The van der Waals surface area contributed by atoms with Gasteiger partial charge in [0.15, 0.2) is 7.85 Å². The molecule has 0 aromatic carbocycles. The van der Waals surface area contributed by atoms with Crippen molar-refractivity contribution in [3.63, 3.8) is 0 Å². The number of aliphatic hydroxyl groups is 2. The lowest BCUT2D eigenvalue weighted by Crippen LogP contribution is -2.25. The second kappa shape index (κ2) is 2.41. The molecule has 1 rings (SSSR count). The minimum Gasteiger partial charge on any atom is -0.500 e. The van der Waals surface area contributed by atoms with Gasteiger partial charge >= 0.3 is 0 Å². The Hall–Kier alpha value is -0.475. The lowest BCUT2D eigenvalue weighted by molar-refractivity contribution is 0.0181. The van der Waals surface area contributed by atoms with E-state index in [0.29, 0.717) is 5.66 Å². The summed E-state index contributed by atoms with van der Waals surface area (Å²) in [5.74, 6) is 0. The highest BCUT2D eigenvalue weighted by molar-refractivity contribution is 6.20. The van der Waals surface area contributed by atoms with Crippen molar-refractivity contribution in [2.45, 2.75) is 12.2 Å². The second-order valence-electron chi connectivity index (χ2n) is 2.11. The fourth-order valence-electron chi connectivity index (χ4n) is 0.841. The third-order valence-electron chi connectivity index (χ3n) is 1.30. The molecule has 0 amide bonds. The molecule has 0 spiro atoms. The first kappa shape index (κ1) is 6.64. The van der Waals surface area contributed by atoms with Crippen LogP contribution in [-0.2, 0) is 4.74 Å². The molecule has 2 atom stereocenters. The second-order valence-corrected chi connectivity index (χ2v) is 2.11. The zero-order valence-corrected chi connectivity index (χ0v) is 5.24. The van der Waals surface area contributed by atoms with Gasteiger partial charge in [-0.1, -0.05) is 0 Å². The standard InChI is InChI=1S/C5H9BO3/c6-5-1-3(8)4(2-7)9-5/h1,3-4,7-8H,2,6H2/t3?,4-/m1/s1. The molecule has 0 bridgehead atoms. The molecule has 0 saturated heterocycles. The smallest absolute Gasteiger partial charge is 0.185 e. The molecule has 2 N–H and O–H groups in total. The largest absolute Gasteiger partial charge is 0.500 e. The van der Waals surface area contributed by atoms with Crippen molar-refractivity contribution in [3.8, 4) is 0 Å². The predicted octanol–water partition coefficient (Wildman–Crippen LogP) is -1.79. The van der Waals surface area contributed by atoms with Crippen LogP contribution < -0.4 is 0 Å². The van der Waals surface area contributed by atoms with Crippen LogP contribution in [0.4, 0.5) is 0 Å². The van der Waals surface area contributed by atoms with Gasteiger partial charge in [0.1, 0.15) is 12.2 Å². The first-order chi connectivity index (χ1) is 4.24. The van der Waals surface area contributed by atoms with Crippen molar-refractivity contribution in [1.82, 2.24) is 0 Å². The van der Waals surface area contributed by atoms with E-state index in [1.54, 1.807) is 13.9 Å². The van der Waals surface area contributed by atoms with Crippen LogP contribution >= 0.6 is 0 Å². The van der Waals surface area contributed by atoms with Crippen molar-refractivity contribution in [1.29, 1.82) is 0 Å². The van der Waals surface area contributed by atoms with E-state index in [4.69, 9.17) is 14.9 Å². The first-order valence-corrected chi connectivity index (χ1v) is 2.88. The summed E-state index contributed by atoms with van der Waals surface area (Å²) < 4.78 is 4.98. The Labute approximate surface area is 54.4 Å². The lowest BCUT2D eigenvalue weighted by Gasteiger charge is -2.10. The highest BCUT2D eigenvalue weighted by Gasteiger charge is 2.23. The van der Waals surface area contributed by atoms with Gasteiger partial charge < -0.3 is 14.9 Å². The van der Waals surface area contributed by atoms with Gasteiger partial charge in [-0.2, -0.15) is 0 Å². The normalized spacial score (nSPS) is 33.8. The highest BCUT2D eigenvalue weighted by Crippen LogP contribution is 2.13. The zero-order valence-electron chi connectivity index (χ0n) is 5.24. The van der Waals surface area contributed by atoms with E-state index in [0.717, 1.165) is 0 Å². The molecule has 1 aliphatic rings. The van der Waals surface area contributed by atoms with Crippen LogP contribution in [0.2, 0.25) is 0 Å². The van der Waals surface area contributed by atoms with E-state index in [-0.39, 0.29) is 6.61 Å². The molecule has 0 radical (unpaired) electrons. The molecular formula is C5H9BO3. The number of ether oxygens (including phenoxy) is 1. The SMILES string of the molecule is BC1=CC(O)[C@@H](CO)O1. The average molecular weight is 128 g/mol. The molecule has 0 saturated carbocycles. The summed E-state index contributed by atoms with van der Waals surface area (Å²) in [6.07, 6.45) is 0.515.